The molecule has 3 nitrogen and oxygen atoms in total. The quantitative estimate of drug-likeness (QED) is 0.882. The third kappa shape index (κ3) is 3.23. The van der Waals surface area contributed by atoms with Crippen LogP contribution in [0.15, 0.2) is 12.1 Å². The van der Waals surface area contributed by atoms with Crippen LogP contribution >= 0.6 is 0 Å². The molecule has 0 bridgehead atoms. The Morgan fingerprint density at radius 3 is 2.53 bits per heavy atom. The second-order valence-electron chi connectivity index (χ2n) is 4.11. The van der Waals surface area contributed by atoms with Crippen LogP contribution in [-0.2, 0) is 4.79 Å². The average molecular weight is 243 g/mol. The highest BCUT2D eigenvalue weighted by atomic mass is 19.1. The molecule has 0 saturated heterocycles. The van der Waals surface area contributed by atoms with Crippen LogP contribution in [0.1, 0.15) is 24.1 Å². The molecule has 94 valence electrons. The van der Waals surface area contributed by atoms with Crippen molar-refractivity contribution < 1.29 is 18.7 Å². The molecule has 0 heterocycles. The molecule has 0 saturated carbocycles. The van der Waals surface area contributed by atoms with E-state index in [-0.39, 0.29) is 17.7 Å². The third-order valence-electron chi connectivity index (χ3n) is 2.77. The summed E-state index contributed by atoms with van der Waals surface area (Å²) < 4.78 is 27.0. The molecule has 0 aliphatic rings. The highest BCUT2D eigenvalue weighted by Gasteiger charge is 2.19. The van der Waals surface area contributed by atoms with E-state index in [9.17, 15) is 13.6 Å². The Balaban J connectivity index is 2.99. The smallest absolute Gasteiger partial charge is 0.317 e. The lowest BCUT2D eigenvalue weighted by Crippen LogP contribution is -2.29. The average Bonchev–Trinajstić information content (AvgIpc) is 2.21. The van der Waals surface area contributed by atoms with Crippen LogP contribution in [0.5, 0.6) is 0 Å². The largest absolute Gasteiger partial charge is 0.480 e. The maximum Gasteiger partial charge on any atom is 0.317 e. The molecule has 0 amide bonds. The van der Waals surface area contributed by atoms with Crippen molar-refractivity contribution in [3.05, 3.63) is 34.9 Å². The summed E-state index contributed by atoms with van der Waals surface area (Å²) in [6.07, 6.45) is 0. The first-order valence-corrected chi connectivity index (χ1v) is 5.20. The number of carboxylic acid groups (broad SMARTS) is 1. The molecule has 1 aromatic carbocycles. The lowest BCUT2D eigenvalue weighted by Gasteiger charge is -2.23. The monoisotopic (exact) mass is 243 g/mol. The summed E-state index contributed by atoms with van der Waals surface area (Å²) in [4.78, 5) is 12.0. The Bertz CT molecular complexity index is 435. The molecule has 1 rings (SSSR count). The number of hydrogen-bond donors (Lipinski definition) is 1. The van der Waals surface area contributed by atoms with Crippen LogP contribution < -0.4 is 0 Å². The first-order valence-electron chi connectivity index (χ1n) is 5.20. The van der Waals surface area contributed by atoms with Gasteiger partial charge in [0.15, 0.2) is 0 Å². The minimum absolute atomic E-state index is 0.164. The first kappa shape index (κ1) is 13.6. The molecular weight excluding hydrogens is 228 g/mol. The molecular formula is C12H15F2NO2. The molecule has 1 aromatic rings. The van der Waals surface area contributed by atoms with Crippen LogP contribution in [0, 0.1) is 18.6 Å². The van der Waals surface area contributed by atoms with E-state index in [1.807, 2.05) is 0 Å². The summed E-state index contributed by atoms with van der Waals surface area (Å²) in [5.41, 5.74) is 0.399. The molecule has 0 aliphatic carbocycles. The van der Waals surface area contributed by atoms with Gasteiger partial charge in [-0.15, -0.1) is 0 Å². The predicted octanol–water partition coefficient (Wildman–Crippen LogP) is 2.35. The van der Waals surface area contributed by atoms with E-state index in [2.05, 4.69) is 0 Å². The van der Waals surface area contributed by atoms with E-state index >= 15 is 0 Å². The standard InChI is InChI=1S/C12H15F2NO2/c1-7-4-11(14)9(5-10(7)13)8(2)15(3)6-12(16)17/h4-5,8H,6H2,1-3H3,(H,16,17). The Morgan fingerprint density at radius 2 is 2.00 bits per heavy atom. The number of benzene rings is 1. The molecule has 17 heavy (non-hydrogen) atoms. The van der Waals surface area contributed by atoms with Gasteiger partial charge < -0.3 is 5.11 Å². The molecule has 5 heteroatoms. The minimum atomic E-state index is -1.01. The van der Waals surface area contributed by atoms with Gasteiger partial charge >= 0.3 is 5.97 Å². The molecule has 0 spiro atoms. The maximum atomic E-state index is 13.6. The summed E-state index contributed by atoms with van der Waals surface area (Å²) >= 11 is 0. The Labute approximate surface area is 98.7 Å². The fraction of sp³-hybridized carbons (Fsp3) is 0.417. The Kier molecular flexibility index (Phi) is 4.17. The fourth-order valence-electron chi connectivity index (χ4n) is 1.57. The van der Waals surface area contributed by atoms with Gasteiger partial charge in [0.25, 0.3) is 0 Å². The van der Waals surface area contributed by atoms with Crippen molar-refractivity contribution in [3.63, 3.8) is 0 Å². The summed E-state index contributed by atoms with van der Waals surface area (Å²) in [5, 5.41) is 8.64. The molecule has 1 unspecified atom stereocenters. The zero-order valence-electron chi connectivity index (χ0n) is 10.00. The number of carboxylic acids is 1. The number of aliphatic carboxylic acids is 1. The lowest BCUT2D eigenvalue weighted by atomic mass is 10.0. The molecule has 0 radical (unpaired) electrons. The van der Waals surface area contributed by atoms with E-state index in [1.54, 1.807) is 14.0 Å². The fourth-order valence-corrected chi connectivity index (χ4v) is 1.57. The van der Waals surface area contributed by atoms with Crippen molar-refractivity contribution in [3.8, 4) is 0 Å². The van der Waals surface area contributed by atoms with Gasteiger partial charge in [-0.25, -0.2) is 8.78 Å². The zero-order chi connectivity index (χ0) is 13.2. The van der Waals surface area contributed by atoms with Crippen molar-refractivity contribution >= 4 is 5.97 Å². The summed E-state index contributed by atoms with van der Waals surface area (Å²) in [6.45, 7) is 2.89. The first-order chi connectivity index (χ1) is 7.82. The maximum absolute atomic E-state index is 13.6. The van der Waals surface area contributed by atoms with E-state index in [0.717, 1.165) is 12.1 Å². The van der Waals surface area contributed by atoms with Gasteiger partial charge in [-0.3, -0.25) is 9.69 Å². The highest BCUT2D eigenvalue weighted by molar-refractivity contribution is 5.69. The number of halogens is 2. The molecule has 1 N–H and O–H groups in total. The van der Waals surface area contributed by atoms with Gasteiger partial charge in [-0.1, -0.05) is 0 Å². The van der Waals surface area contributed by atoms with Crippen molar-refractivity contribution in [2.24, 2.45) is 0 Å². The van der Waals surface area contributed by atoms with Crippen molar-refractivity contribution in [1.29, 1.82) is 0 Å². The molecule has 0 aliphatic heterocycles. The van der Waals surface area contributed by atoms with Crippen LogP contribution in [0.2, 0.25) is 0 Å². The predicted molar refractivity (Wildman–Crippen MR) is 59.8 cm³/mol. The summed E-state index contributed by atoms with van der Waals surface area (Å²) in [7, 11) is 1.55. The van der Waals surface area contributed by atoms with Gasteiger partial charge in [-0.05, 0) is 38.6 Å². The van der Waals surface area contributed by atoms with Crippen LogP contribution in [0.25, 0.3) is 0 Å². The molecule has 0 aromatic heterocycles. The van der Waals surface area contributed by atoms with Crippen molar-refractivity contribution in [2.45, 2.75) is 19.9 Å². The van der Waals surface area contributed by atoms with Gasteiger partial charge in [-0.2, -0.15) is 0 Å². The number of hydrogen-bond acceptors (Lipinski definition) is 2. The van der Waals surface area contributed by atoms with Gasteiger partial charge in [0.2, 0.25) is 0 Å². The van der Waals surface area contributed by atoms with E-state index < -0.39 is 23.6 Å². The SMILES string of the molecule is Cc1cc(F)c(C(C)N(C)CC(=O)O)cc1F. The highest BCUT2D eigenvalue weighted by Crippen LogP contribution is 2.24. The zero-order valence-corrected chi connectivity index (χ0v) is 10.00. The van der Waals surface area contributed by atoms with Gasteiger partial charge in [0, 0.05) is 11.6 Å². The minimum Gasteiger partial charge on any atom is -0.480 e. The third-order valence-corrected chi connectivity index (χ3v) is 2.77. The van der Waals surface area contributed by atoms with Crippen molar-refractivity contribution in [2.75, 3.05) is 13.6 Å². The number of rotatable bonds is 4. The van der Waals surface area contributed by atoms with Gasteiger partial charge in [0.05, 0.1) is 6.54 Å². The lowest BCUT2D eigenvalue weighted by molar-refractivity contribution is -0.138. The second-order valence-corrected chi connectivity index (χ2v) is 4.11. The van der Waals surface area contributed by atoms with E-state index in [0.29, 0.717) is 0 Å². The number of carbonyl (C=O) groups is 1. The van der Waals surface area contributed by atoms with Crippen LogP contribution in [0.3, 0.4) is 0 Å². The van der Waals surface area contributed by atoms with E-state index in [4.69, 9.17) is 5.11 Å². The van der Waals surface area contributed by atoms with Crippen LogP contribution in [-0.4, -0.2) is 29.6 Å². The number of nitrogens with zero attached hydrogens (tertiary/aromatic N) is 1. The van der Waals surface area contributed by atoms with E-state index in [1.165, 1.54) is 11.8 Å². The normalized spacial score (nSPS) is 12.8. The van der Waals surface area contributed by atoms with Crippen LogP contribution in [0.4, 0.5) is 8.78 Å². The Morgan fingerprint density at radius 1 is 1.41 bits per heavy atom. The summed E-state index contributed by atoms with van der Waals surface area (Å²) in [5.74, 6) is -2.02. The Hall–Kier alpha value is -1.49. The van der Waals surface area contributed by atoms with Crippen molar-refractivity contribution in [1.82, 2.24) is 4.90 Å². The number of aryl methyl sites for hydroxylation is 1. The topological polar surface area (TPSA) is 40.5 Å². The second kappa shape index (κ2) is 5.23. The number of likely N-dealkylation sites (N-methyl/N-ethyl adjacent to an activating group) is 1. The summed E-state index contributed by atoms with van der Waals surface area (Å²) in [6, 6.07) is 1.74. The molecule has 1 atom stereocenters. The van der Waals surface area contributed by atoms with Gasteiger partial charge in [0.1, 0.15) is 11.6 Å². The molecule has 0 fully saturated rings.